The molecule has 0 saturated heterocycles. The van der Waals surface area contributed by atoms with Gasteiger partial charge < -0.3 is 5.11 Å². The molecular formula is C11H12F3N3O. The molecule has 0 bridgehead atoms. The van der Waals surface area contributed by atoms with E-state index in [1.165, 1.54) is 23.6 Å². The molecule has 0 aliphatic rings. The summed E-state index contributed by atoms with van der Waals surface area (Å²) in [4.78, 5) is 0. The van der Waals surface area contributed by atoms with Gasteiger partial charge in [0.15, 0.2) is 5.65 Å². The van der Waals surface area contributed by atoms with Gasteiger partial charge in [0.05, 0.1) is 6.10 Å². The van der Waals surface area contributed by atoms with E-state index in [1.54, 1.807) is 6.92 Å². The van der Waals surface area contributed by atoms with Crippen LogP contribution in [-0.4, -0.2) is 19.7 Å². The van der Waals surface area contributed by atoms with Crippen molar-refractivity contribution < 1.29 is 18.3 Å². The van der Waals surface area contributed by atoms with Crippen molar-refractivity contribution in [2.24, 2.45) is 0 Å². The third-order valence-corrected chi connectivity index (χ3v) is 2.73. The van der Waals surface area contributed by atoms with Crippen molar-refractivity contribution in [3.63, 3.8) is 0 Å². The second-order valence-corrected chi connectivity index (χ2v) is 3.98. The zero-order valence-corrected chi connectivity index (χ0v) is 9.86. The number of alkyl halides is 3. The van der Waals surface area contributed by atoms with E-state index in [9.17, 15) is 18.3 Å². The molecule has 1 atom stereocenters. The molecule has 7 heteroatoms. The molecule has 2 aromatic rings. The molecule has 0 spiro atoms. The first kappa shape index (κ1) is 12.8. The third kappa shape index (κ3) is 1.94. The van der Waals surface area contributed by atoms with Crippen LogP contribution in [0.3, 0.4) is 0 Å². The second-order valence-electron chi connectivity index (χ2n) is 3.98. The minimum atomic E-state index is -4.58. The summed E-state index contributed by atoms with van der Waals surface area (Å²) in [6.45, 7) is 3.07. The number of aromatic nitrogens is 3. The first-order valence-electron chi connectivity index (χ1n) is 5.48. The molecule has 1 N–H and O–H groups in total. The van der Waals surface area contributed by atoms with E-state index < -0.39 is 17.8 Å². The number of hydrogen-bond donors (Lipinski definition) is 1. The van der Waals surface area contributed by atoms with Crippen LogP contribution < -0.4 is 0 Å². The highest BCUT2D eigenvalue weighted by molar-refractivity contribution is 5.54. The highest BCUT2D eigenvalue weighted by Gasteiger charge is 2.38. The standard InChI is InChI=1S/C11H12F3N3O/c1-3-8-15-16-10-9(11(12,13)14)7(6(2)18)4-5-17(8)10/h4-6,18H,3H2,1-2H3. The lowest BCUT2D eigenvalue weighted by molar-refractivity contribution is -0.138. The maximum absolute atomic E-state index is 13.1. The van der Waals surface area contributed by atoms with E-state index >= 15 is 0 Å². The summed E-state index contributed by atoms with van der Waals surface area (Å²) < 4.78 is 40.5. The minimum absolute atomic E-state index is 0.190. The molecule has 2 aromatic heterocycles. The van der Waals surface area contributed by atoms with Gasteiger partial charge in [-0.15, -0.1) is 10.2 Å². The molecule has 0 fully saturated rings. The molecule has 18 heavy (non-hydrogen) atoms. The van der Waals surface area contributed by atoms with Crippen molar-refractivity contribution in [2.75, 3.05) is 0 Å². The van der Waals surface area contributed by atoms with Crippen LogP contribution in [0.2, 0.25) is 0 Å². The Balaban J connectivity index is 2.82. The lowest BCUT2D eigenvalue weighted by Crippen LogP contribution is -2.14. The van der Waals surface area contributed by atoms with Crippen molar-refractivity contribution >= 4 is 5.65 Å². The average Bonchev–Trinajstić information content (AvgIpc) is 2.68. The topological polar surface area (TPSA) is 50.4 Å². The molecular weight excluding hydrogens is 247 g/mol. The summed E-state index contributed by atoms with van der Waals surface area (Å²) in [7, 11) is 0. The molecule has 98 valence electrons. The molecule has 0 radical (unpaired) electrons. The number of hydrogen-bond acceptors (Lipinski definition) is 3. The molecule has 0 aliphatic carbocycles. The monoisotopic (exact) mass is 259 g/mol. The Morgan fingerprint density at radius 3 is 2.56 bits per heavy atom. The van der Waals surface area contributed by atoms with E-state index in [4.69, 9.17) is 0 Å². The lowest BCUT2D eigenvalue weighted by Gasteiger charge is -2.15. The van der Waals surface area contributed by atoms with Crippen molar-refractivity contribution in [1.29, 1.82) is 0 Å². The smallest absolute Gasteiger partial charge is 0.389 e. The van der Waals surface area contributed by atoms with Gasteiger partial charge >= 0.3 is 6.18 Å². The minimum Gasteiger partial charge on any atom is -0.389 e. The second kappa shape index (κ2) is 4.24. The van der Waals surface area contributed by atoms with Crippen LogP contribution in [0.1, 0.15) is 36.9 Å². The van der Waals surface area contributed by atoms with Crippen LogP contribution in [0.5, 0.6) is 0 Å². The third-order valence-electron chi connectivity index (χ3n) is 2.73. The predicted molar refractivity (Wildman–Crippen MR) is 58.0 cm³/mol. The number of pyridine rings is 1. The Hall–Kier alpha value is -1.63. The van der Waals surface area contributed by atoms with Crippen LogP contribution in [0.4, 0.5) is 13.2 Å². The number of aryl methyl sites for hydroxylation is 1. The van der Waals surface area contributed by atoms with Crippen molar-refractivity contribution in [3.8, 4) is 0 Å². The number of aliphatic hydroxyl groups is 1. The molecule has 2 heterocycles. The Labute approximate surface area is 101 Å². The van der Waals surface area contributed by atoms with Gasteiger partial charge in [0.25, 0.3) is 0 Å². The van der Waals surface area contributed by atoms with Gasteiger partial charge in [-0.1, -0.05) is 6.92 Å². The van der Waals surface area contributed by atoms with Crippen LogP contribution in [0.15, 0.2) is 12.3 Å². The van der Waals surface area contributed by atoms with Gasteiger partial charge in [-0.2, -0.15) is 13.2 Å². The number of rotatable bonds is 2. The quantitative estimate of drug-likeness (QED) is 0.900. The summed E-state index contributed by atoms with van der Waals surface area (Å²) in [6.07, 6.45) is -3.86. The largest absolute Gasteiger partial charge is 0.420 e. The van der Waals surface area contributed by atoms with E-state index in [2.05, 4.69) is 10.2 Å². The molecule has 0 aliphatic heterocycles. The van der Waals surface area contributed by atoms with Crippen LogP contribution in [0, 0.1) is 0 Å². The number of nitrogens with zero attached hydrogens (tertiary/aromatic N) is 3. The molecule has 2 rings (SSSR count). The lowest BCUT2D eigenvalue weighted by atomic mass is 10.0. The molecule has 0 saturated carbocycles. The Morgan fingerprint density at radius 2 is 2.06 bits per heavy atom. The maximum Gasteiger partial charge on any atom is 0.420 e. The molecule has 0 aromatic carbocycles. The fraction of sp³-hybridized carbons (Fsp3) is 0.455. The fourth-order valence-corrected chi connectivity index (χ4v) is 1.90. The molecule has 0 amide bonds. The van der Waals surface area contributed by atoms with Crippen molar-refractivity contribution in [2.45, 2.75) is 32.5 Å². The van der Waals surface area contributed by atoms with E-state index in [-0.39, 0.29) is 11.2 Å². The van der Waals surface area contributed by atoms with E-state index in [0.717, 1.165) is 0 Å². The Bertz CT molecular complexity index is 575. The zero-order valence-electron chi connectivity index (χ0n) is 9.86. The Kier molecular flexibility index (Phi) is 3.02. The first-order chi connectivity index (χ1) is 8.36. The SMILES string of the molecule is CCc1nnc2c(C(F)(F)F)c(C(C)O)ccn12. The molecule has 1 unspecified atom stereocenters. The van der Waals surface area contributed by atoms with Gasteiger partial charge in [0.1, 0.15) is 11.4 Å². The molecule has 4 nitrogen and oxygen atoms in total. The van der Waals surface area contributed by atoms with Crippen LogP contribution >= 0.6 is 0 Å². The van der Waals surface area contributed by atoms with Gasteiger partial charge in [-0.05, 0) is 18.6 Å². The van der Waals surface area contributed by atoms with Gasteiger partial charge in [0.2, 0.25) is 0 Å². The van der Waals surface area contributed by atoms with Crippen molar-refractivity contribution in [1.82, 2.24) is 14.6 Å². The average molecular weight is 259 g/mol. The van der Waals surface area contributed by atoms with E-state index in [1.807, 2.05) is 0 Å². The first-order valence-corrected chi connectivity index (χ1v) is 5.48. The summed E-state index contributed by atoms with van der Waals surface area (Å²) >= 11 is 0. The summed E-state index contributed by atoms with van der Waals surface area (Å²) in [5, 5.41) is 16.7. The van der Waals surface area contributed by atoms with E-state index in [0.29, 0.717) is 12.2 Å². The van der Waals surface area contributed by atoms with Crippen molar-refractivity contribution in [3.05, 3.63) is 29.2 Å². The fourth-order valence-electron chi connectivity index (χ4n) is 1.90. The summed E-state index contributed by atoms with van der Waals surface area (Å²) in [5.41, 5.74) is -1.38. The maximum atomic E-state index is 13.1. The summed E-state index contributed by atoms with van der Waals surface area (Å²) in [6, 6.07) is 1.25. The summed E-state index contributed by atoms with van der Waals surface area (Å²) in [5.74, 6) is 0.452. The Morgan fingerprint density at radius 1 is 1.39 bits per heavy atom. The number of fused-ring (bicyclic) bond motifs is 1. The van der Waals surface area contributed by atoms with Gasteiger partial charge in [0, 0.05) is 12.6 Å². The highest BCUT2D eigenvalue weighted by atomic mass is 19.4. The van der Waals surface area contributed by atoms with Gasteiger partial charge in [-0.25, -0.2) is 0 Å². The highest BCUT2D eigenvalue weighted by Crippen LogP contribution is 2.37. The normalized spacial score (nSPS) is 14.1. The predicted octanol–water partition coefficient (Wildman–Crippen LogP) is 2.36. The number of halogens is 3. The van der Waals surface area contributed by atoms with Crippen LogP contribution in [-0.2, 0) is 12.6 Å². The zero-order chi connectivity index (χ0) is 13.5. The van der Waals surface area contributed by atoms with Gasteiger partial charge in [-0.3, -0.25) is 4.40 Å². The van der Waals surface area contributed by atoms with Crippen LogP contribution in [0.25, 0.3) is 5.65 Å². The number of aliphatic hydroxyl groups excluding tert-OH is 1.